The fraction of sp³-hybridized carbons (Fsp3) is 0.345. The summed E-state index contributed by atoms with van der Waals surface area (Å²) in [6.07, 6.45) is 14.5. The maximum atomic E-state index is 13.8. The summed E-state index contributed by atoms with van der Waals surface area (Å²) in [5.41, 5.74) is 6.87. The van der Waals surface area contributed by atoms with Gasteiger partial charge in [0.1, 0.15) is 0 Å². The minimum atomic E-state index is -0.497. The molecule has 6 aromatic rings. The second-order valence-corrected chi connectivity index (χ2v) is 19.4. The lowest BCUT2D eigenvalue weighted by Crippen LogP contribution is -2.46. The van der Waals surface area contributed by atoms with Gasteiger partial charge in [0, 0.05) is 111 Å². The van der Waals surface area contributed by atoms with Crippen LogP contribution in [0, 0.1) is 23.7 Å². The third-order valence-electron chi connectivity index (χ3n) is 15.2. The van der Waals surface area contributed by atoms with E-state index in [2.05, 4.69) is 30.4 Å². The van der Waals surface area contributed by atoms with Crippen molar-refractivity contribution < 1.29 is 19.8 Å². The summed E-state index contributed by atoms with van der Waals surface area (Å²) in [6, 6.07) is 33.8. The van der Waals surface area contributed by atoms with E-state index in [1.807, 2.05) is 174 Å². The molecule has 8 heterocycles. The van der Waals surface area contributed by atoms with Gasteiger partial charge in [0.15, 0.2) is 0 Å². The van der Waals surface area contributed by atoms with Gasteiger partial charge in [0.05, 0.1) is 36.0 Å². The number of nitrogens with zero attached hydrogens (tertiary/aromatic N) is 6. The quantitative estimate of drug-likeness (QED) is 0.0928. The van der Waals surface area contributed by atoms with Crippen molar-refractivity contribution in [2.45, 2.75) is 90.1 Å². The van der Waals surface area contributed by atoms with Crippen LogP contribution < -0.4 is 21.8 Å². The molecule has 4 bridgehead atoms. The molecule has 2 amide bonds. The van der Waals surface area contributed by atoms with E-state index in [0.29, 0.717) is 37.3 Å². The molecule has 2 aromatic carbocycles. The zero-order chi connectivity index (χ0) is 50.5. The lowest BCUT2D eigenvalue weighted by atomic mass is 9.86. The molecule has 4 aromatic heterocycles. The number of rotatable bonds is 14. The molecule has 0 aliphatic carbocycles. The van der Waals surface area contributed by atoms with Crippen LogP contribution in [0.1, 0.15) is 96.6 Å². The van der Waals surface area contributed by atoms with Crippen molar-refractivity contribution >= 4 is 24.0 Å². The van der Waals surface area contributed by atoms with Crippen LogP contribution in [0.4, 0.5) is 0 Å². The average molecular weight is 969 g/mol. The minimum absolute atomic E-state index is 0.0583. The molecule has 0 unspecified atom stereocenters. The topological polar surface area (TPSA) is 175 Å². The molecule has 4 aliphatic heterocycles. The van der Waals surface area contributed by atoms with Crippen molar-refractivity contribution in [1.82, 2.24) is 39.5 Å². The van der Waals surface area contributed by atoms with Crippen molar-refractivity contribution in [3.8, 4) is 0 Å². The van der Waals surface area contributed by atoms with Gasteiger partial charge < -0.3 is 30.0 Å². The lowest BCUT2D eigenvalue weighted by Gasteiger charge is -2.38. The highest BCUT2D eigenvalue weighted by Crippen LogP contribution is 2.50. The third-order valence-corrected chi connectivity index (χ3v) is 15.2. The third kappa shape index (κ3) is 9.79. The Morgan fingerprint density at radius 2 is 1.00 bits per heavy atom. The predicted octanol–water partition coefficient (Wildman–Crippen LogP) is 6.64. The molecular formula is C58H64N8O6. The normalized spacial score (nSPS) is 24.0. The van der Waals surface area contributed by atoms with Gasteiger partial charge in [-0.25, -0.2) is 0 Å². The number of aliphatic hydroxyl groups excluding tert-OH is 2. The van der Waals surface area contributed by atoms with Crippen LogP contribution in [0.2, 0.25) is 0 Å². The first-order valence-corrected chi connectivity index (χ1v) is 25.0. The molecule has 2 saturated heterocycles. The highest BCUT2D eigenvalue weighted by molar-refractivity contribution is 5.82. The molecule has 372 valence electrons. The molecular weight excluding hydrogens is 905 g/mol. The number of hydrogen-bond donors (Lipinski definition) is 4. The summed E-state index contributed by atoms with van der Waals surface area (Å²) in [7, 11) is 0. The van der Waals surface area contributed by atoms with Crippen LogP contribution in [0.5, 0.6) is 0 Å². The summed E-state index contributed by atoms with van der Waals surface area (Å²) in [6.45, 7) is 9.48. The zero-order valence-corrected chi connectivity index (χ0v) is 41.2. The Hall–Kier alpha value is -7.10. The Balaban J connectivity index is 0.000000178. The molecule has 14 heteroatoms. The Morgan fingerprint density at radius 3 is 1.35 bits per heavy atom. The summed E-state index contributed by atoms with van der Waals surface area (Å²) >= 11 is 0. The maximum absolute atomic E-state index is 13.8. The van der Waals surface area contributed by atoms with Crippen molar-refractivity contribution in [1.29, 1.82) is 0 Å². The first-order valence-electron chi connectivity index (χ1n) is 25.0. The Bertz CT molecular complexity index is 2810. The smallest absolute Gasteiger partial charge is 0.258 e. The van der Waals surface area contributed by atoms with Crippen LogP contribution in [-0.2, 0) is 35.8 Å². The number of carbonyl (C=O) groups is 2. The summed E-state index contributed by atoms with van der Waals surface area (Å²) in [5, 5.41) is 27.5. The standard InChI is InChI=1S/2C29H32N4O3/c2*1-3-8-22-12-13-24-27-26(28(35)31-19(2)21-10-5-4-6-11-21)23(18-34)25(17-33(24)29(22)36)32(27)16-20-9-7-14-30-15-20/h2*3-15,19,23,25-27,34H,16-18H2,1-2H3,(H,31,35)/b8-3+;8-3-/t2*19-,23+,25+,26-,27-/m00/s1. The fourth-order valence-electron chi connectivity index (χ4n) is 11.8. The summed E-state index contributed by atoms with van der Waals surface area (Å²) < 4.78 is 3.61. The molecule has 72 heavy (non-hydrogen) atoms. The van der Waals surface area contributed by atoms with Crippen molar-refractivity contribution in [2.75, 3.05) is 13.2 Å². The minimum Gasteiger partial charge on any atom is -0.396 e. The highest BCUT2D eigenvalue weighted by atomic mass is 16.3. The molecule has 4 aliphatic rings. The number of aliphatic hydroxyl groups is 2. The number of amides is 2. The number of fused-ring (bicyclic) bond motifs is 8. The van der Waals surface area contributed by atoms with Crippen LogP contribution in [-0.4, -0.2) is 76.2 Å². The first kappa shape index (κ1) is 49.9. The van der Waals surface area contributed by atoms with Gasteiger partial charge in [-0.05, 0) is 86.3 Å². The summed E-state index contributed by atoms with van der Waals surface area (Å²) in [5.74, 6) is -1.81. The molecule has 2 fully saturated rings. The van der Waals surface area contributed by atoms with E-state index in [9.17, 15) is 29.4 Å². The number of benzene rings is 2. The van der Waals surface area contributed by atoms with E-state index >= 15 is 0 Å². The van der Waals surface area contributed by atoms with E-state index in [-0.39, 0.29) is 84.2 Å². The zero-order valence-electron chi connectivity index (χ0n) is 41.2. The van der Waals surface area contributed by atoms with Crippen LogP contribution in [0.25, 0.3) is 12.2 Å². The highest BCUT2D eigenvalue weighted by Gasteiger charge is 2.57. The maximum Gasteiger partial charge on any atom is 0.258 e. The molecule has 10 atom stereocenters. The number of hydrogen-bond acceptors (Lipinski definition) is 10. The Labute approximate surface area is 420 Å². The molecule has 0 spiro atoms. The molecule has 0 saturated carbocycles. The van der Waals surface area contributed by atoms with Gasteiger partial charge in [-0.3, -0.25) is 38.9 Å². The van der Waals surface area contributed by atoms with Gasteiger partial charge in [0.2, 0.25) is 11.8 Å². The summed E-state index contributed by atoms with van der Waals surface area (Å²) in [4.78, 5) is 67.4. The van der Waals surface area contributed by atoms with Gasteiger partial charge in [-0.2, -0.15) is 0 Å². The second kappa shape index (κ2) is 22.1. The molecule has 4 N–H and O–H groups in total. The first-order chi connectivity index (χ1) is 35.1. The molecule has 0 radical (unpaired) electrons. The Kier molecular flexibility index (Phi) is 15.3. The van der Waals surface area contributed by atoms with Crippen LogP contribution in [0.15, 0.2) is 156 Å². The number of aromatic nitrogens is 4. The van der Waals surface area contributed by atoms with Crippen molar-refractivity contribution in [3.63, 3.8) is 0 Å². The van der Waals surface area contributed by atoms with Gasteiger partial charge in [-0.1, -0.05) is 97.1 Å². The van der Waals surface area contributed by atoms with E-state index in [4.69, 9.17) is 0 Å². The number of nitrogens with one attached hydrogen (secondary N) is 2. The van der Waals surface area contributed by atoms with Crippen molar-refractivity contribution in [3.05, 3.63) is 212 Å². The van der Waals surface area contributed by atoms with E-state index in [0.717, 1.165) is 33.6 Å². The van der Waals surface area contributed by atoms with E-state index in [1.54, 1.807) is 21.5 Å². The lowest BCUT2D eigenvalue weighted by molar-refractivity contribution is -0.129. The van der Waals surface area contributed by atoms with E-state index < -0.39 is 11.8 Å². The average Bonchev–Trinajstić information content (AvgIpc) is 3.74. The monoisotopic (exact) mass is 968 g/mol. The van der Waals surface area contributed by atoms with Gasteiger partial charge in [-0.15, -0.1) is 0 Å². The number of carbonyl (C=O) groups excluding carboxylic acids is 2. The van der Waals surface area contributed by atoms with Gasteiger partial charge in [0.25, 0.3) is 11.1 Å². The second-order valence-electron chi connectivity index (χ2n) is 19.4. The largest absolute Gasteiger partial charge is 0.396 e. The fourth-order valence-corrected chi connectivity index (χ4v) is 11.8. The molecule has 14 nitrogen and oxygen atoms in total. The van der Waals surface area contributed by atoms with Crippen LogP contribution in [0.3, 0.4) is 0 Å². The van der Waals surface area contributed by atoms with Crippen LogP contribution >= 0.6 is 0 Å². The van der Waals surface area contributed by atoms with E-state index in [1.165, 1.54) is 0 Å². The molecule has 10 rings (SSSR count). The van der Waals surface area contributed by atoms with Gasteiger partial charge >= 0.3 is 0 Å². The Morgan fingerprint density at radius 1 is 0.597 bits per heavy atom. The predicted molar refractivity (Wildman–Crippen MR) is 278 cm³/mol. The SMILES string of the molecule is C/C=C/c1ccc2n(c1=O)C[C@@H]1[C@@H](CO)[C@H](C(=O)N[C@@H](C)c3ccccc3)[C@H]2N1Cc1cccnc1.C/C=C\c1ccc2n(c1=O)C[C@@H]1[C@@H](CO)[C@H](C(=O)N[C@@H](C)c3ccccc3)[C@H]2N1Cc1cccnc1. The number of pyridine rings is 4. The van der Waals surface area contributed by atoms with Crippen molar-refractivity contribution in [2.24, 2.45) is 23.7 Å². The number of allylic oxidation sites excluding steroid dienone is 2.